The second-order valence-corrected chi connectivity index (χ2v) is 7.93. The summed E-state index contributed by atoms with van der Waals surface area (Å²) in [4.78, 5) is 31.5. The number of fused-ring (bicyclic) bond motifs is 1. The Morgan fingerprint density at radius 3 is 2.61 bits per heavy atom. The number of nitrogens with zero attached hydrogens (tertiary/aromatic N) is 2. The Kier molecular flexibility index (Phi) is 5.35. The molecule has 0 spiro atoms. The molecule has 0 unspecified atom stereocenters. The van der Waals surface area contributed by atoms with Crippen LogP contribution in [0.1, 0.15) is 40.6 Å². The average Bonchev–Trinajstić information content (AvgIpc) is 3.41. The number of aromatic nitrogens is 1. The number of hydrogen-bond donors (Lipinski definition) is 0. The molecule has 28 heavy (non-hydrogen) atoms. The van der Waals surface area contributed by atoms with E-state index in [1.807, 2.05) is 48.4 Å². The van der Waals surface area contributed by atoms with E-state index in [1.165, 1.54) is 5.56 Å². The lowest BCUT2D eigenvalue weighted by molar-refractivity contribution is -0.118. The topological polar surface area (TPSA) is 50.3 Å². The molecular weight excluding hydrogens is 368 g/mol. The Morgan fingerprint density at radius 2 is 1.89 bits per heavy atom. The summed E-state index contributed by atoms with van der Waals surface area (Å²) >= 11 is 1.58. The van der Waals surface area contributed by atoms with Gasteiger partial charge in [0.05, 0.1) is 5.51 Å². The molecule has 142 valence electrons. The molecule has 0 fully saturated rings. The Bertz CT molecular complexity index is 994. The second-order valence-electron chi connectivity index (χ2n) is 6.96. The molecule has 0 atom stereocenters. The van der Waals surface area contributed by atoms with Gasteiger partial charge >= 0.3 is 0 Å². The number of benzene rings is 2. The lowest BCUT2D eigenvalue weighted by Crippen LogP contribution is -2.27. The van der Waals surface area contributed by atoms with Gasteiger partial charge in [-0.05, 0) is 41.7 Å². The van der Waals surface area contributed by atoms with Crippen LogP contribution in [0.25, 0.3) is 11.1 Å². The number of amides is 1. The summed E-state index contributed by atoms with van der Waals surface area (Å²) in [6, 6.07) is 14.1. The molecule has 0 radical (unpaired) electrons. The average molecular weight is 391 g/mol. The minimum atomic E-state index is 0.155. The maximum atomic E-state index is 12.4. The van der Waals surface area contributed by atoms with E-state index >= 15 is 0 Å². The third-order valence-electron chi connectivity index (χ3n) is 5.20. The normalized spacial score (nSPS) is 12.8. The summed E-state index contributed by atoms with van der Waals surface area (Å²) in [5, 5.41) is 0. The molecule has 0 aliphatic carbocycles. The summed E-state index contributed by atoms with van der Waals surface area (Å²) in [5.41, 5.74) is 6.99. The highest BCUT2D eigenvalue weighted by atomic mass is 32.1. The summed E-state index contributed by atoms with van der Waals surface area (Å²) in [5.74, 6) is 0.329. The van der Waals surface area contributed by atoms with Crippen LogP contribution in [0, 0.1) is 0 Å². The fourth-order valence-electron chi connectivity index (χ4n) is 3.63. The van der Waals surface area contributed by atoms with Crippen LogP contribution in [0.3, 0.4) is 0 Å². The third kappa shape index (κ3) is 3.76. The molecule has 4 nitrogen and oxygen atoms in total. The second kappa shape index (κ2) is 8.07. The monoisotopic (exact) mass is 390 g/mol. The van der Waals surface area contributed by atoms with Gasteiger partial charge in [0.2, 0.25) is 5.91 Å². The molecule has 0 bridgehead atoms. The standard InChI is InChI=1S/C23H22N2O2S/c1-2-23(27)25-12-11-19-13-18(7-9-21(19)25)16-3-5-17(6-4-16)22(26)10-8-20-14-24-15-28-20/h3-7,9,13-15H,2,8,10-12H2,1H3. The molecular formula is C23H22N2O2S. The van der Waals surface area contributed by atoms with E-state index in [1.54, 1.807) is 16.8 Å². The lowest BCUT2D eigenvalue weighted by Gasteiger charge is -2.16. The van der Waals surface area contributed by atoms with Crippen LogP contribution in [-0.2, 0) is 17.6 Å². The van der Waals surface area contributed by atoms with Gasteiger partial charge in [-0.1, -0.05) is 37.3 Å². The fourth-order valence-corrected chi connectivity index (χ4v) is 4.23. The number of anilines is 1. The Morgan fingerprint density at radius 1 is 1.11 bits per heavy atom. The van der Waals surface area contributed by atoms with E-state index in [0.717, 1.165) is 46.6 Å². The highest BCUT2D eigenvalue weighted by molar-refractivity contribution is 7.09. The van der Waals surface area contributed by atoms with Crippen LogP contribution in [-0.4, -0.2) is 23.2 Å². The number of aryl methyl sites for hydroxylation is 1. The van der Waals surface area contributed by atoms with Crippen LogP contribution in [0.5, 0.6) is 0 Å². The van der Waals surface area contributed by atoms with Crippen molar-refractivity contribution in [3.63, 3.8) is 0 Å². The minimum Gasteiger partial charge on any atom is -0.312 e. The number of thiazole rings is 1. The first-order valence-electron chi connectivity index (χ1n) is 9.60. The van der Waals surface area contributed by atoms with E-state index in [2.05, 4.69) is 17.1 Å². The van der Waals surface area contributed by atoms with Crippen molar-refractivity contribution in [1.82, 2.24) is 4.98 Å². The van der Waals surface area contributed by atoms with Crippen molar-refractivity contribution in [2.75, 3.05) is 11.4 Å². The van der Waals surface area contributed by atoms with Crippen molar-refractivity contribution in [2.24, 2.45) is 0 Å². The molecule has 1 amide bonds. The van der Waals surface area contributed by atoms with Crippen molar-refractivity contribution < 1.29 is 9.59 Å². The highest BCUT2D eigenvalue weighted by Gasteiger charge is 2.23. The maximum Gasteiger partial charge on any atom is 0.226 e. The number of hydrogen-bond acceptors (Lipinski definition) is 4. The van der Waals surface area contributed by atoms with Gasteiger partial charge in [0.1, 0.15) is 0 Å². The molecule has 1 aromatic heterocycles. The zero-order valence-electron chi connectivity index (χ0n) is 15.9. The predicted octanol–water partition coefficient (Wildman–Crippen LogP) is 4.92. The van der Waals surface area contributed by atoms with Crippen LogP contribution in [0.2, 0.25) is 0 Å². The first kappa shape index (κ1) is 18.6. The quantitative estimate of drug-likeness (QED) is 0.561. The first-order valence-corrected chi connectivity index (χ1v) is 10.5. The van der Waals surface area contributed by atoms with Gasteiger partial charge in [-0.3, -0.25) is 14.6 Å². The maximum absolute atomic E-state index is 12.4. The van der Waals surface area contributed by atoms with Gasteiger partial charge in [0.15, 0.2) is 5.78 Å². The highest BCUT2D eigenvalue weighted by Crippen LogP contribution is 2.33. The summed E-state index contributed by atoms with van der Waals surface area (Å²) < 4.78 is 0. The van der Waals surface area contributed by atoms with Gasteiger partial charge in [-0.25, -0.2) is 0 Å². The van der Waals surface area contributed by atoms with E-state index in [-0.39, 0.29) is 11.7 Å². The molecule has 0 saturated carbocycles. The molecule has 4 rings (SSSR count). The van der Waals surface area contributed by atoms with Crippen molar-refractivity contribution >= 4 is 28.7 Å². The summed E-state index contributed by atoms with van der Waals surface area (Å²) in [6.07, 6.45) is 4.48. The zero-order valence-corrected chi connectivity index (χ0v) is 16.7. The van der Waals surface area contributed by atoms with Crippen LogP contribution < -0.4 is 4.90 Å². The smallest absolute Gasteiger partial charge is 0.226 e. The van der Waals surface area contributed by atoms with Crippen LogP contribution in [0.4, 0.5) is 5.69 Å². The van der Waals surface area contributed by atoms with Crippen molar-refractivity contribution in [1.29, 1.82) is 0 Å². The number of ketones is 1. The SMILES string of the molecule is CCC(=O)N1CCc2cc(-c3ccc(C(=O)CCc4cncs4)cc3)ccc21. The van der Waals surface area contributed by atoms with Gasteiger partial charge in [-0.15, -0.1) is 11.3 Å². The largest absolute Gasteiger partial charge is 0.312 e. The van der Waals surface area contributed by atoms with Crippen molar-refractivity contribution in [3.8, 4) is 11.1 Å². The molecule has 1 aliphatic heterocycles. The minimum absolute atomic E-state index is 0.155. The van der Waals surface area contributed by atoms with Gasteiger partial charge < -0.3 is 4.90 Å². The number of carbonyl (C=O) groups is 2. The molecule has 0 N–H and O–H groups in total. The lowest BCUT2D eigenvalue weighted by atomic mass is 9.99. The molecule has 2 aromatic carbocycles. The number of rotatable bonds is 6. The molecule has 0 saturated heterocycles. The fraction of sp³-hybridized carbons (Fsp3) is 0.261. The third-order valence-corrected chi connectivity index (χ3v) is 6.04. The van der Waals surface area contributed by atoms with E-state index < -0.39 is 0 Å². The Hall–Kier alpha value is -2.79. The predicted molar refractivity (Wildman–Crippen MR) is 113 cm³/mol. The Labute approximate surface area is 168 Å². The molecule has 2 heterocycles. The molecule has 3 aromatic rings. The van der Waals surface area contributed by atoms with E-state index in [0.29, 0.717) is 12.8 Å². The van der Waals surface area contributed by atoms with Crippen LogP contribution in [0.15, 0.2) is 54.2 Å². The van der Waals surface area contributed by atoms with Gasteiger partial charge in [0.25, 0.3) is 0 Å². The van der Waals surface area contributed by atoms with E-state index in [4.69, 9.17) is 0 Å². The number of Topliss-reactive ketones (excluding diaryl/α,β-unsaturated/α-hetero) is 1. The van der Waals surface area contributed by atoms with Crippen LogP contribution >= 0.6 is 11.3 Å². The first-order chi connectivity index (χ1) is 13.7. The molecule has 5 heteroatoms. The van der Waals surface area contributed by atoms with Gasteiger partial charge in [0, 0.05) is 41.7 Å². The van der Waals surface area contributed by atoms with Crippen molar-refractivity contribution in [2.45, 2.75) is 32.6 Å². The Balaban J connectivity index is 1.47. The van der Waals surface area contributed by atoms with Crippen molar-refractivity contribution in [3.05, 3.63) is 70.2 Å². The summed E-state index contributed by atoms with van der Waals surface area (Å²) in [6.45, 7) is 2.66. The summed E-state index contributed by atoms with van der Waals surface area (Å²) in [7, 11) is 0. The van der Waals surface area contributed by atoms with Gasteiger partial charge in [-0.2, -0.15) is 0 Å². The zero-order chi connectivity index (χ0) is 19.5. The van der Waals surface area contributed by atoms with E-state index in [9.17, 15) is 9.59 Å². The number of carbonyl (C=O) groups excluding carboxylic acids is 2. The molecule has 1 aliphatic rings.